The van der Waals surface area contributed by atoms with E-state index in [0.29, 0.717) is 16.8 Å². The van der Waals surface area contributed by atoms with Gasteiger partial charge in [-0.3, -0.25) is 4.79 Å². The van der Waals surface area contributed by atoms with Crippen LogP contribution in [0.1, 0.15) is 36.8 Å². The van der Waals surface area contributed by atoms with E-state index in [2.05, 4.69) is 35.7 Å². The molecule has 0 N–H and O–H groups in total. The number of hydrogen-bond acceptors (Lipinski definition) is 4. The molecule has 0 bridgehead atoms. The van der Waals surface area contributed by atoms with Gasteiger partial charge in [-0.25, -0.2) is 15.0 Å². The Balaban J connectivity index is 1.99. The molecule has 5 nitrogen and oxygen atoms in total. The fraction of sp³-hybridized carbons (Fsp3) is 0.294. The number of Topliss-reactive ketones (excluding diaryl/α,β-unsaturated/α-hetero) is 1. The fourth-order valence-electron chi connectivity index (χ4n) is 2.38. The van der Waals surface area contributed by atoms with Crippen LogP contribution in [-0.2, 0) is 12.0 Å². The van der Waals surface area contributed by atoms with Crippen LogP contribution in [0.3, 0.4) is 0 Å². The third kappa shape index (κ3) is 2.62. The zero-order valence-electron chi connectivity index (χ0n) is 12.9. The van der Waals surface area contributed by atoms with Crippen molar-refractivity contribution in [1.82, 2.24) is 19.5 Å². The largest absolute Gasteiger partial charge is 0.310 e. The molecule has 0 saturated carbocycles. The van der Waals surface area contributed by atoms with Gasteiger partial charge in [-0.05, 0) is 20.8 Å². The van der Waals surface area contributed by atoms with Crippen LogP contribution < -0.4 is 0 Å². The monoisotopic (exact) mass is 294 g/mol. The van der Waals surface area contributed by atoms with E-state index < -0.39 is 0 Å². The summed E-state index contributed by atoms with van der Waals surface area (Å²) in [5, 5.41) is 0. The van der Waals surface area contributed by atoms with Crippen LogP contribution >= 0.6 is 0 Å². The Kier molecular flexibility index (Phi) is 3.48. The minimum Gasteiger partial charge on any atom is -0.310 e. The van der Waals surface area contributed by atoms with Crippen molar-refractivity contribution in [2.75, 3.05) is 0 Å². The van der Waals surface area contributed by atoms with Gasteiger partial charge in [0.05, 0.1) is 18.4 Å². The molecule has 2 heterocycles. The van der Waals surface area contributed by atoms with Gasteiger partial charge in [0, 0.05) is 11.1 Å². The highest BCUT2D eigenvalue weighted by Crippen LogP contribution is 2.22. The number of carbonyl (C=O) groups excluding carboxylic acids is 1. The molecule has 0 amide bonds. The molecule has 5 heteroatoms. The number of fused-ring (bicyclic) bond motifs is 1. The number of carbonyl (C=O) groups is 1. The van der Waals surface area contributed by atoms with Crippen molar-refractivity contribution < 1.29 is 4.79 Å². The summed E-state index contributed by atoms with van der Waals surface area (Å²) in [6, 6.07) is 9.24. The molecule has 3 rings (SSSR count). The Hall–Kier alpha value is -2.56. The zero-order valence-corrected chi connectivity index (χ0v) is 12.9. The Morgan fingerprint density at radius 3 is 2.50 bits per heavy atom. The molecular formula is C17H18N4O. The molecule has 0 spiro atoms. The minimum atomic E-state index is -0.121. The van der Waals surface area contributed by atoms with Crippen LogP contribution in [0.25, 0.3) is 11.2 Å². The van der Waals surface area contributed by atoms with Gasteiger partial charge in [0.15, 0.2) is 11.4 Å². The van der Waals surface area contributed by atoms with Crippen LogP contribution in [0.2, 0.25) is 0 Å². The molecule has 2 aromatic heterocycles. The molecule has 3 aromatic rings. The molecule has 22 heavy (non-hydrogen) atoms. The van der Waals surface area contributed by atoms with Gasteiger partial charge in [0.1, 0.15) is 11.8 Å². The zero-order chi connectivity index (χ0) is 15.7. The number of hydrogen-bond donors (Lipinski definition) is 0. The van der Waals surface area contributed by atoms with Crippen molar-refractivity contribution >= 4 is 16.9 Å². The van der Waals surface area contributed by atoms with E-state index in [1.807, 2.05) is 34.9 Å². The summed E-state index contributed by atoms with van der Waals surface area (Å²) in [5.41, 5.74) is 2.69. The Morgan fingerprint density at radius 1 is 1.09 bits per heavy atom. The first-order valence-corrected chi connectivity index (χ1v) is 7.22. The number of benzene rings is 1. The van der Waals surface area contributed by atoms with E-state index in [4.69, 9.17) is 0 Å². The Bertz CT molecular complexity index is 816. The van der Waals surface area contributed by atoms with E-state index in [1.165, 1.54) is 6.33 Å². The second-order valence-corrected chi connectivity index (χ2v) is 6.24. The number of rotatable bonds is 3. The highest BCUT2D eigenvalue weighted by molar-refractivity contribution is 5.98. The quantitative estimate of drug-likeness (QED) is 0.697. The molecule has 0 aliphatic heterocycles. The maximum Gasteiger partial charge on any atom is 0.168 e. The summed E-state index contributed by atoms with van der Waals surface area (Å²) in [4.78, 5) is 25.4. The second kappa shape index (κ2) is 5.33. The first-order chi connectivity index (χ1) is 10.5. The third-order valence-electron chi connectivity index (χ3n) is 3.56. The summed E-state index contributed by atoms with van der Waals surface area (Å²) >= 11 is 0. The van der Waals surface area contributed by atoms with E-state index >= 15 is 0 Å². The lowest BCUT2D eigenvalue weighted by atomic mass is 10.1. The second-order valence-electron chi connectivity index (χ2n) is 6.24. The third-order valence-corrected chi connectivity index (χ3v) is 3.56. The van der Waals surface area contributed by atoms with Crippen molar-refractivity contribution in [2.45, 2.75) is 32.7 Å². The highest BCUT2D eigenvalue weighted by atomic mass is 16.1. The van der Waals surface area contributed by atoms with Crippen molar-refractivity contribution in [3.63, 3.8) is 0 Å². The number of nitrogens with zero attached hydrogens (tertiary/aromatic N) is 4. The maximum atomic E-state index is 12.4. The minimum absolute atomic E-state index is 0.0332. The average molecular weight is 294 g/mol. The summed E-state index contributed by atoms with van der Waals surface area (Å²) in [6.45, 7) is 6.26. The first-order valence-electron chi connectivity index (χ1n) is 7.22. The van der Waals surface area contributed by atoms with Crippen LogP contribution in [0, 0.1) is 0 Å². The van der Waals surface area contributed by atoms with Gasteiger partial charge in [0.25, 0.3) is 0 Å². The first kappa shape index (κ1) is 14.4. The van der Waals surface area contributed by atoms with Crippen LogP contribution in [0.4, 0.5) is 0 Å². The molecule has 0 aliphatic carbocycles. The van der Waals surface area contributed by atoms with Gasteiger partial charge in [0.2, 0.25) is 0 Å². The fourth-order valence-corrected chi connectivity index (χ4v) is 2.38. The van der Waals surface area contributed by atoms with Gasteiger partial charge >= 0.3 is 0 Å². The number of aromatic nitrogens is 4. The topological polar surface area (TPSA) is 60.7 Å². The van der Waals surface area contributed by atoms with Crippen LogP contribution in [0.5, 0.6) is 0 Å². The van der Waals surface area contributed by atoms with Crippen molar-refractivity contribution in [3.05, 3.63) is 54.2 Å². The molecule has 0 aliphatic rings. The molecule has 1 aromatic carbocycles. The van der Waals surface area contributed by atoms with Gasteiger partial charge in [-0.15, -0.1) is 0 Å². The van der Waals surface area contributed by atoms with Gasteiger partial charge < -0.3 is 4.57 Å². The molecule has 0 saturated heterocycles. The van der Waals surface area contributed by atoms with Crippen molar-refractivity contribution in [3.8, 4) is 0 Å². The Labute approximate surface area is 129 Å². The number of ketones is 1. The highest BCUT2D eigenvalue weighted by Gasteiger charge is 2.20. The maximum absolute atomic E-state index is 12.4. The lowest BCUT2D eigenvalue weighted by Gasteiger charge is -2.20. The summed E-state index contributed by atoms with van der Waals surface area (Å²) in [7, 11) is 0. The van der Waals surface area contributed by atoms with E-state index in [-0.39, 0.29) is 17.7 Å². The summed E-state index contributed by atoms with van der Waals surface area (Å²) < 4.78 is 2.00. The Morgan fingerprint density at radius 2 is 1.82 bits per heavy atom. The van der Waals surface area contributed by atoms with E-state index in [9.17, 15) is 4.79 Å². The predicted molar refractivity (Wildman–Crippen MR) is 84.8 cm³/mol. The SMILES string of the molecule is CC(C)(C)n1cnc2c(CC(=O)c3ccccc3)ncnc21. The molecular weight excluding hydrogens is 276 g/mol. The van der Waals surface area contributed by atoms with Gasteiger partial charge in [-0.2, -0.15) is 0 Å². The van der Waals surface area contributed by atoms with Crippen molar-refractivity contribution in [2.24, 2.45) is 0 Å². The van der Waals surface area contributed by atoms with Crippen molar-refractivity contribution in [1.29, 1.82) is 0 Å². The summed E-state index contributed by atoms with van der Waals surface area (Å²) in [5.74, 6) is 0.0332. The van der Waals surface area contributed by atoms with Crippen LogP contribution in [0.15, 0.2) is 43.0 Å². The molecule has 0 radical (unpaired) electrons. The lowest BCUT2D eigenvalue weighted by Crippen LogP contribution is -2.21. The molecule has 0 atom stereocenters. The normalized spacial score (nSPS) is 11.8. The number of imidazole rings is 1. The van der Waals surface area contributed by atoms with Gasteiger partial charge in [-0.1, -0.05) is 30.3 Å². The molecule has 112 valence electrons. The molecule has 0 unspecified atom stereocenters. The lowest BCUT2D eigenvalue weighted by molar-refractivity contribution is 0.0992. The molecule has 0 fully saturated rings. The smallest absolute Gasteiger partial charge is 0.168 e. The predicted octanol–water partition coefficient (Wildman–Crippen LogP) is 3.01. The van der Waals surface area contributed by atoms with E-state index in [0.717, 1.165) is 5.65 Å². The summed E-state index contributed by atoms with van der Waals surface area (Å²) in [6.07, 6.45) is 3.49. The van der Waals surface area contributed by atoms with Crippen LogP contribution in [-0.4, -0.2) is 25.3 Å². The average Bonchev–Trinajstić information content (AvgIpc) is 2.93. The van der Waals surface area contributed by atoms with E-state index in [1.54, 1.807) is 6.33 Å². The standard InChI is InChI=1S/C17H18N4O/c1-17(2,3)21-11-20-15-13(18-10-19-16(15)21)9-14(22)12-7-5-4-6-8-12/h4-8,10-11H,9H2,1-3H3.